The van der Waals surface area contributed by atoms with Crippen molar-refractivity contribution in [1.82, 2.24) is 0 Å². The molecule has 0 amide bonds. The van der Waals surface area contributed by atoms with Crippen LogP contribution >= 0.6 is 0 Å². The van der Waals surface area contributed by atoms with Gasteiger partial charge in [-0.15, -0.1) is 0 Å². The summed E-state index contributed by atoms with van der Waals surface area (Å²) in [5.41, 5.74) is -5.16. The third kappa shape index (κ3) is 2.16. The van der Waals surface area contributed by atoms with Gasteiger partial charge in [0.25, 0.3) is 0 Å². The molecule has 0 atom stereocenters. The van der Waals surface area contributed by atoms with Crippen molar-refractivity contribution in [2.75, 3.05) is 0 Å². The van der Waals surface area contributed by atoms with Gasteiger partial charge in [0.1, 0.15) is 0 Å². The maximum absolute atomic E-state index is 12.4. The summed E-state index contributed by atoms with van der Waals surface area (Å²) in [4.78, 5) is 12.0. The van der Waals surface area contributed by atoms with Crippen LogP contribution in [0.2, 0.25) is 0 Å². The molecule has 0 heterocycles. The van der Waals surface area contributed by atoms with Crippen molar-refractivity contribution in [1.29, 1.82) is 0 Å². The largest absolute Gasteiger partial charge is 0.534 e. The molecule has 2 aromatic carbocycles. The quantitative estimate of drug-likeness (QED) is 0.627. The fourth-order valence-corrected chi connectivity index (χ4v) is 2.73. The minimum atomic E-state index is -5.84. The van der Waals surface area contributed by atoms with E-state index in [4.69, 9.17) is 0 Å². The molecule has 8 heteroatoms. The molecule has 1 aliphatic carbocycles. The molecule has 0 saturated carbocycles. The highest BCUT2D eigenvalue weighted by molar-refractivity contribution is 7.88. The van der Waals surface area contributed by atoms with E-state index in [9.17, 15) is 26.4 Å². The van der Waals surface area contributed by atoms with Gasteiger partial charge in [0.2, 0.25) is 0 Å². The van der Waals surface area contributed by atoms with Crippen molar-refractivity contribution in [2.45, 2.75) is 5.51 Å². The van der Waals surface area contributed by atoms with Crippen molar-refractivity contribution in [3.63, 3.8) is 0 Å². The first kappa shape index (κ1) is 14.6. The van der Waals surface area contributed by atoms with E-state index in [-0.39, 0.29) is 5.56 Å². The lowest BCUT2D eigenvalue weighted by atomic mass is 9.92. The van der Waals surface area contributed by atoms with Crippen molar-refractivity contribution in [2.24, 2.45) is 0 Å². The van der Waals surface area contributed by atoms with Gasteiger partial charge >= 0.3 is 15.6 Å². The highest BCUT2D eigenvalue weighted by Crippen LogP contribution is 2.37. The molecule has 1 aliphatic rings. The van der Waals surface area contributed by atoms with E-state index in [1.165, 1.54) is 12.1 Å². The maximum Gasteiger partial charge on any atom is 0.534 e. The Kier molecular flexibility index (Phi) is 3.03. The summed E-state index contributed by atoms with van der Waals surface area (Å²) in [5.74, 6) is -1.25. The molecule has 114 valence electrons. The molecule has 0 unspecified atom stereocenters. The Bertz CT molecular complexity index is 927. The van der Waals surface area contributed by atoms with Crippen LogP contribution in [0.25, 0.3) is 16.8 Å². The molecule has 0 N–H and O–H groups in total. The highest BCUT2D eigenvalue weighted by atomic mass is 32.2. The fraction of sp³-hybridized carbons (Fsp3) is 0.0714. The summed E-state index contributed by atoms with van der Waals surface area (Å²) in [6.45, 7) is 0. The zero-order chi connectivity index (χ0) is 16.1. The minimum absolute atomic E-state index is 0.191. The third-order valence-electron chi connectivity index (χ3n) is 3.18. The van der Waals surface area contributed by atoms with Crippen molar-refractivity contribution in [3.8, 4) is 5.75 Å². The van der Waals surface area contributed by atoms with E-state index in [0.29, 0.717) is 16.3 Å². The number of halogens is 3. The number of ketones is 1. The Hall–Kier alpha value is -2.35. The van der Waals surface area contributed by atoms with E-state index in [1.807, 2.05) is 0 Å². The second-order valence-corrected chi connectivity index (χ2v) is 6.10. The fourth-order valence-electron chi connectivity index (χ4n) is 2.26. The van der Waals surface area contributed by atoms with Gasteiger partial charge in [-0.05, 0) is 23.1 Å². The second-order valence-electron chi connectivity index (χ2n) is 4.56. The van der Waals surface area contributed by atoms with E-state index < -0.39 is 27.2 Å². The first-order chi connectivity index (χ1) is 10.2. The molecule has 2 aromatic rings. The number of benzene rings is 2. The van der Waals surface area contributed by atoms with Crippen LogP contribution in [0.5, 0.6) is 5.75 Å². The number of alkyl halides is 3. The maximum atomic E-state index is 12.4. The molecule has 3 rings (SSSR count). The molecule has 4 nitrogen and oxygen atoms in total. The first-order valence-corrected chi connectivity index (χ1v) is 7.40. The van der Waals surface area contributed by atoms with E-state index >= 15 is 0 Å². The summed E-state index contributed by atoms with van der Waals surface area (Å²) in [5, 5.41) is 0.965. The van der Waals surface area contributed by atoms with Crippen LogP contribution in [0, 0.1) is 0 Å². The summed E-state index contributed by atoms with van der Waals surface area (Å²) in [7, 11) is -5.84. The topological polar surface area (TPSA) is 60.4 Å². The Morgan fingerprint density at radius 3 is 2.41 bits per heavy atom. The Morgan fingerprint density at radius 1 is 1.00 bits per heavy atom. The van der Waals surface area contributed by atoms with Gasteiger partial charge in [-0.1, -0.05) is 30.3 Å². The molecule has 0 aromatic heterocycles. The van der Waals surface area contributed by atoms with Crippen molar-refractivity contribution in [3.05, 3.63) is 47.5 Å². The second kappa shape index (κ2) is 4.57. The van der Waals surface area contributed by atoms with Crippen LogP contribution in [0.4, 0.5) is 13.2 Å². The first-order valence-electron chi connectivity index (χ1n) is 5.99. The Balaban J connectivity index is 2.25. The van der Waals surface area contributed by atoms with Gasteiger partial charge in [-0.3, -0.25) is 4.79 Å². The molecular formula is C14H7F3O4S. The highest BCUT2D eigenvalue weighted by Gasteiger charge is 2.49. The van der Waals surface area contributed by atoms with E-state index in [2.05, 4.69) is 4.18 Å². The molecule has 0 fully saturated rings. The molecule has 0 spiro atoms. The lowest BCUT2D eigenvalue weighted by molar-refractivity contribution is -0.0500. The third-order valence-corrected chi connectivity index (χ3v) is 4.15. The molecule has 0 saturated heterocycles. The van der Waals surface area contributed by atoms with Crippen molar-refractivity contribution >= 4 is 32.7 Å². The summed E-state index contributed by atoms with van der Waals surface area (Å²) >= 11 is 0. The Labute approximate surface area is 122 Å². The van der Waals surface area contributed by atoms with Gasteiger partial charge in [-0.25, -0.2) is 0 Å². The lowest BCUT2D eigenvalue weighted by Gasteiger charge is -2.16. The summed E-state index contributed by atoms with van der Waals surface area (Å²) < 4.78 is 63.8. The van der Waals surface area contributed by atoms with Gasteiger partial charge < -0.3 is 4.18 Å². The van der Waals surface area contributed by atoms with Crippen LogP contribution in [0.15, 0.2) is 36.4 Å². The zero-order valence-corrected chi connectivity index (χ0v) is 11.5. The van der Waals surface area contributed by atoms with E-state index in [0.717, 1.165) is 12.1 Å². The van der Waals surface area contributed by atoms with Crippen molar-refractivity contribution < 1.29 is 30.6 Å². The van der Waals surface area contributed by atoms with Crippen LogP contribution < -0.4 is 4.18 Å². The number of hydrogen-bond acceptors (Lipinski definition) is 4. The van der Waals surface area contributed by atoms with Gasteiger partial charge in [0.15, 0.2) is 11.5 Å². The number of carbonyl (C=O) groups excluding carboxylic acids is 1. The minimum Gasteiger partial charge on any atom is -0.375 e. The number of carbonyl (C=O) groups is 1. The number of hydrogen-bond donors (Lipinski definition) is 0. The SMILES string of the molecule is O=C1C=Cc2cccc3ccc(OS(=O)(=O)C(F)(F)F)c1c23. The predicted octanol–water partition coefficient (Wildman–Crippen LogP) is 3.28. The lowest BCUT2D eigenvalue weighted by Crippen LogP contribution is -2.28. The summed E-state index contributed by atoms with van der Waals surface area (Å²) in [6.07, 6.45) is 2.67. The average molecular weight is 328 g/mol. The predicted molar refractivity (Wildman–Crippen MR) is 72.9 cm³/mol. The van der Waals surface area contributed by atoms with Gasteiger partial charge in [0, 0.05) is 5.39 Å². The Morgan fingerprint density at radius 2 is 1.73 bits per heavy atom. The van der Waals surface area contributed by atoms with Crippen LogP contribution in [-0.2, 0) is 10.1 Å². The number of rotatable bonds is 2. The van der Waals surface area contributed by atoms with Crippen LogP contribution in [-0.4, -0.2) is 19.7 Å². The molecular weight excluding hydrogens is 321 g/mol. The number of allylic oxidation sites excluding steroid dienone is 1. The normalized spacial score (nSPS) is 14.4. The molecule has 0 bridgehead atoms. The summed E-state index contributed by atoms with van der Waals surface area (Å²) in [6, 6.07) is 7.49. The average Bonchev–Trinajstić information content (AvgIpc) is 2.42. The monoisotopic (exact) mass is 328 g/mol. The van der Waals surface area contributed by atoms with Crippen LogP contribution in [0.3, 0.4) is 0 Å². The van der Waals surface area contributed by atoms with Gasteiger partial charge in [-0.2, -0.15) is 21.6 Å². The molecule has 0 aliphatic heterocycles. The van der Waals surface area contributed by atoms with Gasteiger partial charge in [0.05, 0.1) is 5.56 Å². The smallest absolute Gasteiger partial charge is 0.375 e. The molecule has 0 radical (unpaired) electrons. The van der Waals surface area contributed by atoms with Crippen LogP contribution in [0.1, 0.15) is 15.9 Å². The van der Waals surface area contributed by atoms with E-state index in [1.54, 1.807) is 18.2 Å². The standard InChI is InChI=1S/C14H7F3O4S/c15-14(16,17)22(19,20)21-11-7-5-9-3-1-2-8-4-6-10(18)13(11)12(8)9/h1-7H. The zero-order valence-electron chi connectivity index (χ0n) is 10.7. The molecule has 22 heavy (non-hydrogen) atoms.